The van der Waals surface area contributed by atoms with Crippen molar-refractivity contribution in [2.75, 3.05) is 20.8 Å². The van der Waals surface area contributed by atoms with Crippen molar-refractivity contribution in [3.05, 3.63) is 79.0 Å². The SMILES string of the molecule is CCOC(=O)[C@@H](C)Oc1c(OC)cc(C=Nn2c(-c3cc(C(C)C)c(OC)cc3C)nc3ccccc3c2=O)c(Br)c1Cl. The fourth-order valence-electron chi connectivity index (χ4n) is 4.54. The second-order valence-electron chi connectivity index (χ2n) is 10.0. The van der Waals surface area contributed by atoms with Crippen molar-refractivity contribution in [1.82, 2.24) is 9.66 Å². The van der Waals surface area contributed by atoms with E-state index in [0.717, 1.165) is 22.4 Å². The summed E-state index contributed by atoms with van der Waals surface area (Å²) >= 11 is 10.2. The molecule has 0 saturated heterocycles. The highest BCUT2D eigenvalue weighted by atomic mass is 79.9. The first-order valence-corrected chi connectivity index (χ1v) is 14.8. The second kappa shape index (κ2) is 13.6. The van der Waals surface area contributed by atoms with Crippen LogP contribution in [-0.2, 0) is 9.53 Å². The Balaban J connectivity index is 1.89. The number of ether oxygens (including phenoxy) is 4. The first-order chi connectivity index (χ1) is 20.5. The van der Waals surface area contributed by atoms with Gasteiger partial charge in [-0.3, -0.25) is 4.79 Å². The van der Waals surface area contributed by atoms with Crippen molar-refractivity contribution in [2.24, 2.45) is 5.10 Å². The van der Waals surface area contributed by atoms with Crippen LogP contribution in [-0.4, -0.2) is 48.8 Å². The molecule has 3 aromatic carbocycles. The summed E-state index contributed by atoms with van der Waals surface area (Å²) in [5, 5.41) is 5.19. The third-order valence-electron chi connectivity index (χ3n) is 6.79. The lowest BCUT2D eigenvalue weighted by Gasteiger charge is -2.19. The summed E-state index contributed by atoms with van der Waals surface area (Å²) in [6.45, 7) is 9.58. The predicted octanol–water partition coefficient (Wildman–Crippen LogP) is 7.14. The van der Waals surface area contributed by atoms with Gasteiger partial charge in [0, 0.05) is 15.6 Å². The van der Waals surface area contributed by atoms with Crippen LogP contribution in [0.15, 0.2) is 56.8 Å². The molecule has 0 amide bonds. The largest absolute Gasteiger partial charge is 0.496 e. The van der Waals surface area contributed by atoms with Gasteiger partial charge in [-0.15, -0.1) is 0 Å². The van der Waals surface area contributed by atoms with E-state index >= 15 is 0 Å². The van der Waals surface area contributed by atoms with E-state index in [0.29, 0.717) is 26.8 Å². The normalized spacial score (nSPS) is 12.1. The third-order valence-corrected chi connectivity index (χ3v) is 8.24. The van der Waals surface area contributed by atoms with Crippen LogP contribution in [0.25, 0.3) is 22.3 Å². The molecular weight excluding hydrogens is 638 g/mol. The summed E-state index contributed by atoms with van der Waals surface area (Å²) in [5.74, 6) is 1.19. The highest BCUT2D eigenvalue weighted by Gasteiger charge is 2.24. The van der Waals surface area contributed by atoms with Crippen molar-refractivity contribution in [2.45, 2.75) is 46.6 Å². The minimum Gasteiger partial charge on any atom is -0.496 e. The van der Waals surface area contributed by atoms with Gasteiger partial charge in [0.15, 0.2) is 23.4 Å². The quantitative estimate of drug-likeness (QED) is 0.131. The number of carbonyl (C=O) groups is 1. The van der Waals surface area contributed by atoms with Crippen LogP contribution >= 0.6 is 27.5 Å². The fraction of sp³-hybridized carbons (Fsp3) is 0.312. The number of rotatable bonds is 10. The first-order valence-electron chi connectivity index (χ1n) is 13.7. The Bertz CT molecular complexity index is 1770. The molecule has 0 aliphatic heterocycles. The molecule has 0 aliphatic carbocycles. The molecule has 0 saturated carbocycles. The van der Waals surface area contributed by atoms with Crippen LogP contribution in [0.2, 0.25) is 5.02 Å². The summed E-state index contributed by atoms with van der Waals surface area (Å²) in [7, 11) is 3.09. The van der Waals surface area contributed by atoms with E-state index in [1.807, 2.05) is 25.1 Å². The lowest BCUT2D eigenvalue weighted by Crippen LogP contribution is -2.26. The zero-order valence-corrected chi connectivity index (χ0v) is 27.4. The highest BCUT2D eigenvalue weighted by Crippen LogP contribution is 2.43. The summed E-state index contributed by atoms with van der Waals surface area (Å²) < 4.78 is 23.7. The Labute approximate surface area is 263 Å². The number of methoxy groups -OCH3 is 2. The lowest BCUT2D eigenvalue weighted by molar-refractivity contribution is -0.150. The number of nitrogens with zero attached hydrogens (tertiary/aromatic N) is 3. The zero-order chi connectivity index (χ0) is 31.4. The number of fused-ring (bicyclic) bond motifs is 1. The Morgan fingerprint density at radius 3 is 2.47 bits per heavy atom. The minimum absolute atomic E-state index is 0.161. The van der Waals surface area contributed by atoms with Gasteiger partial charge in [-0.25, -0.2) is 9.78 Å². The number of hydrogen-bond acceptors (Lipinski definition) is 8. The van der Waals surface area contributed by atoms with Crippen LogP contribution in [0.4, 0.5) is 0 Å². The monoisotopic (exact) mass is 669 g/mol. The molecule has 4 rings (SSSR count). The molecule has 1 heterocycles. The number of aromatic nitrogens is 2. The van der Waals surface area contributed by atoms with E-state index in [1.54, 1.807) is 45.2 Å². The summed E-state index contributed by atoms with van der Waals surface area (Å²) in [5.41, 5.74) is 3.31. The third kappa shape index (κ3) is 6.55. The topological polar surface area (TPSA) is 101 Å². The fourth-order valence-corrected chi connectivity index (χ4v) is 5.18. The highest BCUT2D eigenvalue weighted by molar-refractivity contribution is 9.10. The Hall–Kier alpha value is -3.89. The van der Waals surface area contributed by atoms with Crippen LogP contribution in [0.5, 0.6) is 17.2 Å². The van der Waals surface area contributed by atoms with Gasteiger partial charge in [-0.1, -0.05) is 37.6 Å². The molecule has 0 bridgehead atoms. The molecule has 1 atom stereocenters. The molecule has 1 aromatic heterocycles. The molecule has 0 fully saturated rings. The Morgan fingerprint density at radius 2 is 1.81 bits per heavy atom. The Kier molecular flexibility index (Phi) is 10.1. The van der Waals surface area contributed by atoms with Gasteiger partial charge < -0.3 is 18.9 Å². The average Bonchev–Trinajstić information content (AvgIpc) is 2.99. The standard InChI is InChI=1S/C32H33BrClN3O6/c1-8-42-32(39)19(5)43-29-26(41-7)14-20(27(33)28(29)34)16-35-37-30(36-24-12-10-9-11-21(24)31(37)38)23-15-22(17(2)3)25(40-6)13-18(23)4/h9-17,19H,8H2,1-7H3/t19-/m1/s1. The molecule has 0 unspecified atom stereocenters. The molecule has 0 spiro atoms. The molecule has 4 aromatic rings. The van der Waals surface area contributed by atoms with Crippen LogP contribution in [0, 0.1) is 6.92 Å². The molecule has 0 aliphatic rings. The molecule has 0 radical (unpaired) electrons. The van der Waals surface area contributed by atoms with Crippen molar-refractivity contribution < 1.29 is 23.7 Å². The van der Waals surface area contributed by atoms with E-state index in [4.69, 9.17) is 35.5 Å². The minimum atomic E-state index is -0.925. The van der Waals surface area contributed by atoms with Crippen molar-refractivity contribution in [3.63, 3.8) is 0 Å². The maximum absolute atomic E-state index is 13.8. The summed E-state index contributed by atoms with van der Waals surface area (Å²) in [6.07, 6.45) is 0.562. The van der Waals surface area contributed by atoms with Crippen molar-refractivity contribution in [1.29, 1.82) is 0 Å². The maximum Gasteiger partial charge on any atom is 0.347 e. The van der Waals surface area contributed by atoms with Crippen molar-refractivity contribution in [3.8, 4) is 28.6 Å². The maximum atomic E-state index is 13.8. The molecular formula is C32H33BrClN3O6. The van der Waals surface area contributed by atoms with E-state index in [-0.39, 0.29) is 34.6 Å². The number of hydrogen-bond donors (Lipinski definition) is 0. The number of benzene rings is 3. The van der Waals surface area contributed by atoms with E-state index in [2.05, 4.69) is 34.9 Å². The van der Waals surface area contributed by atoms with Crippen LogP contribution in [0.3, 0.4) is 0 Å². The number of aryl methyl sites for hydroxylation is 1. The predicted molar refractivity (Wildman–Crippen MR) is 172 cm³/mol. The van der Waals surface area contributed by atoms with E-state index < -0.39 is 12.1 Å². The van der Waals surface area contributed by atoms with Gasteiger partial charge in [-0.2, -0.15) is 9.78 Å². The molecule has 0 N–H and O–H groups in total. The van der Waals surface area contributed by atoms with Crippen LogP contribution in [0.1, 0.15) is 50.3 Å². The molecule has 9 nitrogen and oxygen atoms in total. The number of halogens is 2. The zero-order valence-electron chi connectivity index (χ0n) is 25.0. The van der Waals surface area contributed by atoms with Gasteiger partial charge >= 0.3 is 5.97 Å². The molecule has 11 heteroatoms. The lowest BCUT2D eigenvalue weighted by atomic mass is 9.96. The molecule has 43 heavy (non-hydrogen) atoms. The number of carbonyl (C=O) groups excluding carboxylic acids is 1. The van der Waals surface area contributed by atoms with E-state index in [1.165, 1.54) is 18.0 Å². The van der Waals surface area contributed by atoms with Gasteiger partial charge in [0.2, 0.25) is 0 Å². The number of esters is 1. The smallest absolute Gasteiger partial charge is 0.347 e. The van der Waals surface area contributed by atoms with Gasteiger partial charge in [-0.05, 0) is 84.1 Å². The van der Waals surface area contributed by atoms with Gasteiger partial charge in [0.05, 0.1) is 37.9 Å². The van der Waals surface area contributed by atoms with E-state index in [9.17, 15) is 9.59 Å². The number of para-hydroxylation sites is 1. The van der Waals surface area contributed by atoms with Gasteiger partial charge in [0.1, 0.15) is 10.8 Å². The summed E-state index contributed by atoms with van der Waals surface area (Å²) in [6, 6.07) is 12.7. The van der Waals surface area contributed by atoms with Crippen molar-refractivity contribution >= 4 is 50.6 Å². The van der Waals surface area contributed by atoms with Gasteiger partial charge in [0.25, 0.3) is 5.56 Å². The van der Waals surface area contributed by atoms with Crippen LogP contribution < -0.4 is 19.8 Å². The average molecular weight is 671 g/mol. The Morgan fingerprint density at radius 1 is 1.12 bits per heavy atom. The summed E-state index contributed by atoms with van der Waals surface area (Å²) in [4.78, 5) is 30.8. The second-order valence-corrected chi connectivity index (χ2v) is 11.2. The first kappa shape index (κ1) is 32.0. The molecule has 226 valence electrons.